The van der Waals surface area contributed by atoms with Crippen LogP contribution in [-0.2, 0) is 10.1 Å². The second kappa shape index (κ2) is 3.23. The predicted molar refractivity (Wildman–Crippen MR) is 50.2 cm³/mol. The van der Waals surface area contributed by atoms with E-state index in [1.807, 2.05) is 0 Å². The first-order valence-electron chi connectivity index (χ1n) is 3.50. The summed E-state index contributed by atoms with van der Waals surface area (Å²) in [5, 5.41) is 2.62. The van der Waals surface area contributed by atoms with Crippen LogP contribution in [0.1, 0.15) is 0 Å². The van der Waals surface area contributed by atoms with Gasteiger partial charge in [-0.25, -0.2) is 0 Å². The van der Waals surface area contributed by atoms with Crippen molar-refractivity contribution in [3.05, 3.63) is 18.2 Å². The molecule has 0 unspecified atom stereocenters. The highest BCUT2D eigenvalue weighted by atomic mass is 32.2. The van der Waals surface area contributed by atoms with Crippen molar-refractivity contribution < 1.29 is 13.0 Å². The molecule has 0 saturated heterocycles. The normalized spacial score (nSPS) is 11.2. The minimum Gasteiger partial charge on any atom is -0.399 e. The summed E-state index contributed by atoms with van der Waals surface area (Å²) in [6, 6.07) is 4.09. The number of hydrogen-bond donors (Lipinski definition) is 3. The molecule has 5 nitrogen and oxygen atoms in total. The van der Waals surface area contributed by atoms with Gasteiger partial charge in [0.2, 0.25) is 0 Å². The van der Waals surface area contributed by atoms with E-state index in [1.54, 1.807) is 7.05 Å². The third-order valence-corrected chi connectivity index (χ3v) is 2.46. The molecule has 6 heteroatoms. The Balaban J connectivity index is 3.39. The zero-order chi connectivity index (χ0) is 10.1. The summed E-state index contributed by atoms with van der Waals surface area (Å²) in [5.74, 6) is 0. The molecule has 0 aliphatic heterocycles. The Morgan fingerprint density at radius 2 is 2.08 bits per heavy atom. The Morgan fingerprint density at radius 1 is 1.46 bits per heavy atom. The summed E-state index contributed by atoms with van der Waals surface area (Å²) >= 11 is 0. The molecule has 0 fully saturated rings. The van der Waals surface area contributed by atoms with Crippen molar-refractivity contribution >= 4 is 21.5 Å². The molecule has 0 heterocycles. The van der Waals surface area contributed by atoms with Gasteiger partial charge in [0.05, 0.1) is 5.69 Å². The lowest BCUT2D eigenvalue weighted by molar-refractivity contribution is 0.483. The molecule has 0 saturated carbocycles. The van der Waals surface area contributed by atoms with Crippen LogP contribution in [-0.4, -0.2) is 20.0 Å². The third kappa shape index (κ3) is 2.10. The molecular formula is C7H10N2O3S. The van der Waals surface area contributed by atoms with Crippen LogP contribution in [0.5, 0.6) is 0 Å². The van der Waals surface area contributed by atoms with E-state index in [2.05, 4.69) is 5.32 Å². The van der Waals surface area contributed by atoms with E-state index < -0.39 is 10.1 Å². The predicted octanol–water partition coefficient (Wildman–Crippen LogP) is 0.557. The molecule has 0 aliphatic rings. The zero-order valence-corrected chi connectivity index (χ0v) is 7.80. The van der Waals surface area contributed by atoms with Crippen LogP contribution >= 0.6 is 0 Å². The first-order chi connectivity index (χ1) is 5.95. The van der Waals surface area contributed by atoms with Gasteiger partial charge >= 0.3 is 0 Å². The molecule has 72 valence electrons. The van der Waals surface area contributed by atoms with Crippen LogP contribution in [0.15, 0.2) is 23.1 Å². The maximum Gasteiger partial charge on any atom is 0.296 e. The first-order valence-corrected chi connectivity index (χ1v) is 4.94. The molecule has 0 radical (unpaired) electrons. The van der Waals surface area contributed by atoms with Crippen LogP contribution in [0.2, 0.25) is 0 Å². The Hall–Kier alpha value is -1.27. The third-order valence-electron chi connectivity index (χ3n) is 1.55. The lowest BCUT2D eigenvalue weighted by Crippen LogP contribution is -2.03. The van der Waals surface area contributed by atoms with E-state index in [0.717, 1.165) is 0 Å². The van der Waals surface area contributed by atoms with Crippen molar-refractivity contribution in [2.75, 3.05) is 18.1 Å². The van der Waals surface area contributed by atoms with Crippen LogP contribution < -0.4 is 11.1 Å². The van der Waals surface area contributed by atoms with Gasteiger partial charge in [0.25, 0.3) is 10.1 Å². The Bertz CT molecular complexity index is 414. The molecule has 0 aliphatic carbocycles. The molecular weight excluding hydrogens is 192 g/mol. The molecule has 1 aromatic carbocycles. The summed E-state index contributed by atoms with van der Waals surface area (Å²) in [6.45, 7) is 0. The van der Waals surface area contributed by atoms with Crippen LogP contribution in [0, 0.1) is 0 Å². The Morgan fingerprint density at radius 3 is 2.54 bits per heavy atom. The number of nitrogen functional groups attached to an aromatic ring is 1. The van der Waals surface area contributed by atoms with Gasteiger partial charge < -0.3 is 11.1 Å². The van der Waals surface area contributed by atoms with E-state index in [4.69, 9.17) is 10.3 Å². The average Bonchev–Trinajstić information content (AvgIpc) is 2.01. The van der Waals surface area contributed by atoms with Gasteiger partial charge in [0.1, 0.15) is 4.90 Å². The van der Waals surface area contributed by atoms with E-state index in [-0.39, 0.29) is 10.6 Å². The number of nitrogens with one attached hydrogen (secondary N) is 1. The lowest BCUT2D eigenvalue weighted by atomic mass is 10.3. The molecule has 0 amide bonds. The average molecular weight is 202 g/mol. The highest BCUT2D eigenvalue weighted by Gasteiger charge is 2.14. The standard InChI is InChI=1S/C7H10N2O3S/c1-9-6-4-5(8)2-3-7(6)13(10,11)12/h2-4,9H,8H2,1H3,(H,10,11,12). The van der Waals surface area contributed by atoms with Crippen LogP contribution in [0.25, 0.3) is 0 Å². The molecule has 0 bridgehead atoms. The Labute approximate surface area is 76.3 Å². The molecule has 0 atom stereocenters. The van der Waals surface area contributed by atoms with Crippen molar-refractivity contribution in [3.8, 4) is 0 Å². The fourth-order valence-electron chi connectivity index (χ4n) is 0.968. The highest BCUT2D eigenvalue weighted by Crippen LogP contribution is 2.22. The first kappa shape index (κ1) is 9.82. The molecule has 1 rings (SSSR count). The monoisotopic (exact) mass is 202 g/mol. The number of hydrogen-bond acceptors (Lipinski definition) is 4. The minimum absolute atomic E-state index is 0.177. The minimum atomic E-state index is -4.18. The van der Waals surface area contributed by atoms with Crippen LogP contribution in [0.3, 0.4) is 0 Å². The maximum atomic E-state index is 10.8. The van der Waals surface area contributed by atoms with Crippen molar-refractivity contribution in [3.63, 3.8) is 0 Å². The van der Waals surface area contributed by atoms with Crippen molar-refractivity contribution in [2.45, 2.75) is 4.90 Å². The summed E-state index contributed by atoms with van der Waals surface area (Å²) < 4.78 is 30.4. The van der Waals surface area contributed by atoms with E-state index in [0.29, 0.717) is 5.69 Å². The van der Waals surface area contributed by atoms with Gasteiger partial charge in [0, 0.05) is 12.7 Å². The van der Waals surface area contributed by atoms with Gasteiger partial charge in [-0.3, -0.25) is 4.55 Å². The molecule has 4 N–H and O–H groups in total. The van der Waals surface area contributed by atoms with Crippen molar-refractivity contribution in [1.29, 1.82) is 0 Å². The fourth-order valence-corrected chi connectivity index (χ4v) is 1.65. The summed E-state index contributed by atoms with van der Waals surface area (Å²) in [5.41, 5.74) is 6.14. The second-order valence-electron chi connectivity index (χ2n) is 2.48. The van der Waals surface area contributed by atoms with Gasteiger partial charge in [0.15, 0.2) is 0 Å². The van der Waals surface area contributed by atoms with E-state index in [9.17, 15) is 8.42 Å². The lowest BCUT2D eigenvalue weighted by Gasteiger charge is -2.06. The number of rotatable bonds is 2. The van der Waals surface area contributed by atoms with E-state index >= 15 is 0 Å². The number of nitrogens with two attached hydrogens (primary N) is 1. The van der Waals surface area contributed by atoms with Gasteiger partial charge in [-0.15, -0.1) is 0 Å². The zero-order valence-electron chi connectivity index (χ0n) is 6.98. The smallest absolute Gasteiger partial charge is 0.296 e. The van der Waals surface area contributed by atoms with Gasteiger partial charge in [-0.1, -0.05) is 0 Å². The molecule has 13 heavy (non-hydrogen) atoms. The van der Waals surface area contributed by atoms with Crippen molar-refractivity contribution in [1.82, 2.24) is 0 Å². The highest BCUT2D eigenvalue weighted by molar-refractivity contribution is 7.86. The largest absolute Gasteiger partial charge is 0.399 e. The van der Waals surface area contributed by atoms with Crippen molar-refractivity contribution in [2.24, 2.45) is 0 Å². The number of anilines is 2. The summed E-state index contributed by atoms with van der Waals surface area (Å²) in [4.78, 5) is -0.177. The quantitative estimate of drug-likeness (QED) is 0.481. The maximum absolute atomic E-state index is 10.8. The molecule has 0 aromatic heterocycles. The molecule has 0 spiro atoms. The Kier molecular flexibility index (Phi) is 2.44. The fraction of sp³-hybridized carbons (Fsp3) is 0.143. The summed E-state index contributed by atoms with van der Waals surface area (Å²) in [7, 11) is -2.64. The van der Waals surface area contributed by atoms with Gasteiger partial charge in [-0.2, -0.15) is 8.42 Å². The summed E-state index contributed by atoms with van der Waals surface area (Å²) in [6.07, 6.45) is 0. The second-order valence-corrected chi connectivity index (χ2v) is 3.87. The molecule has 1 aromatic rings. The van der Waals surface area contributed by atoms with Gasteiger partial charge in [-0.05, 0) is 18.2 Å². The van der Waals surface area contributed by atoms with Crippen LogP contribution in [0.4, 0.5) is 11.4 Å². The number of benzene rings is 1. The SMILES string of the molecule is CNc1cc(N)ccc1S(=O)(=O)O. The topological polar surface area (TPSA) is 92.4 Å². The van der Waals surface area contributed by atoms with E-state index in [1.165, 1.54) is 18.2 Å².